The molecule has 4 heteroatoms. The summed E-state index contributed by atoms with van der Waals surface area (Å²) in [5, 5.41) is 1.68. The van der Waals surface area contributed by atoms with E-state index in [-0.39, 0.29) is 5.91 Å². The Morgan fingerprint density at radius 2 is 1.85 bits per heavy atom. The number of carbonyl (C=O) groups is 1. The first-order valence-corrected chi connectivity index (χ1v) is 10.2. The standard InChI is InChI=1S/C22H24N2OS/c1-23-16-18(19-9-5-6-10-20(19)23)15-22(25)24-12-11-21(26-14-13-24)17-7-3-2-4-8-17/h2-10,16,21H,11-15H2,1H3/t21-/m1/s1. The van der Waals surface area contributed by atoms with Crippen LogP contribution in [0.25, 0.3) is 10.9 Å². The van der Waals surface area contributed by atoms with Gasteiger partial charge in [0, 0.05) is 48.2 Å². The van der Waals surface area contributed by atoms with Crippen LogP contribution in [0.5, 0.6) is 0 Å². The normalized spacial score (nSPS) is 18.0. The third-order valence-electron chi connectivity index (χ3n) is 5.19. The molecule has 0 saturated carbocycles. The van der Waals surface area contributed by atoms with Crippen molar-refractivity contribution in [1.29, 1.82) is 0 Å². The van der Waals surface area contributed by atoms with Gasteiger partial charge in [-0.05, 0) is 23.6 Å². The van der Waals surface area contributed by atoms with Gasteiger partial charge in [0.2, 0.25) is 5.91 Å². The molecule has 1 aliphatic rings. The van der Waals surface area contributed by atoms with Gasteiger partial charge < -0.3 is 9.47 Å². The average molecular weight is 365 g/mol. The van der Waals surface area contributed by atoms with Crippen LogP contribution in [0.4, 0.5) is 0 Å². The van der Waals surface area contributed by atoms with Crippen molar-refractivity contribution in [2.75, 3.05) is 18.8 Å². The molecule has 0 spiro atoms. The highest BCUT2D eigenvalue weighted by Crippen LogP contribution is 2.34. The Bertz CT molecular complexity index is 903. The number of amides is 1. The summed E-state index contributed by atoms with van der Waals surface area (Å²) in [7, 11) is 2.04. The van der Waals surface area contributed by atoms with Crippen LogP contribution in [0, 0.1) is 0 Å². The van der Waals surface area contributed by atoms with E-state index in [1.54, 1.807) is 0 Å². The molecule has 0 bridgehead atoms. The van der Waals surface area contributed by atoms with Gasteiger partial charge in [-0.2, -0.15) is 11.8 Å². The van der Waals surface area contributed by atoms with E-state index in [0.717, 1.165) is 30.8 Å². The molecule has 1 atom stereocenters. The second-order valence-electron chi connectivity index (χ2n) is 6.90. The Hall–Kier alpha value is -2.20. The van der Waals surface area contributed by atoms with Crippen molar-refractivity contribution < 1.29 is 4.79 Å². The number of nitrogens with zero attached hydrogens (tertiary/aromatic N) is 2. The minimum atomic E-state index is 0.246. The quantitative estimate of drug-likeness (QED) is 0.687. The minimum Gasteiger partial charge on any atom is -0.350 e. The van der Waals surface area contributed by atoms with E-state index in [0.29, 0.717) is 11.7 Å². The lowest BCUT2D eigenvalue weighted by molar-refractivity contribution is -0.130. The van der Waals surface area contributed by atoms with Crippen molar-refractivity contribution in [2.45, 2.75) is 18.1 Å². The Kier molecular flexibility index (Phi) is 5.02. The van der Waals surface area contributed by atoms with E-state index in [1.165, 1.54) is 16.5 Å². The number of aryl methyl sites for hydroxylation is 1. The van der Waals surface area contributed by atoms with Gasteiger partial charge in [-0.15, -0.1) is 0 Å². The number of fused-ring (bicyclic) bond motifs is 1. The van der Waals surface area contributed by atoms with Crippen molar-refractivity contribution in [3.05, 3.63) is 71.9 Å². The van der Waals surface area contributed by atoms with Crippen molar-refractivity contribution in [3.8, 4) is 0 Å². The second-order valence-corrected chi connectivity index (χ2v) is 8.21. The number of hydrogen-bond donors (Lipinski definition) is 0. The maximum absolute atomic E-state index is 12.9. The molecule has 1 saturated heterocycles. The molecule has 1 aromatic heterocycles. The van der Waals surface area contributed by atoms with Crippen LogP contribution in [0.2, 0.25) is 0 Å². The molecule has 4 rings (SSSR count). The topological polar surface area (TPSA) is 25.2 Å². The molecular formula is C22H24N2OS. The molecule has 2 aromatic carbocycles. The molecule has 0 unspecified atom stereocenters. The highest BCUT2D eigenvalue weighted by molar-refractivity contribution is 7.99. The monoisotopic (exact) mass is 364 g/mol. The van der Waals surface area contributed by atoms with Crippen LogP contribution < -0.4 is 0 Å². The molecule has 134 valence electrons. The number of benzene rings is 2. The van der Waals surface area contributed by atoms with Gasteiger partial charge in [-0.3, -0.25) is 4.79 Å². The number of rotatable bonds is 3. The molecule has 3 nitrogen and oxygen atoms in total. The number of thioether (sulfide) groups is 1. The predicted octanol–water partition coefficient (Wildman–Crippen LogP) is 4.43. The van der Waals surface area contributed by atoms with E-state index in [4.69, 9.17) is 0 Å². The molecule has 0 radical (unpaired) electrons. The Morgan fingerprint density at radius 3 is 2.69 bits per heavy atom. The highest BCUT2D eigenvalue weighted by atomic mass is 32.2. The summed E-state index contributed by atoms with van der Waals surface area (Å²) in [6.45, 7) is 1.69. The molecule has 26 heavy (non-hydrogen) atoms. The number of para-hydroxylation sites is 1. The maximum atomic E-state index is 12.9. The fraction of sp³-hybridized carbons (Fsp3) is 0.318. The molecule has 2 heterocycles. The number of carbonyl (C=O) groups excluding carboxylic acids is 1. The van der Waals surface area contributed by atoms with Crippen LogP contribution in [0.1, 0.15) is 22.8 Å². The van der Waals surface area contributed by atoms with Crippen LogP contribution in [-0.4, -0.2) is 34.2 Å². The van der Waals surface area contributed by atoms with Crippen LogP contribution >= 0.6 is 11.8 Å². The summed E-state index contributed by atoms with van der Waals surface area (Å²) in [6.07, 6.45) is 3.61. The smallest absolute Gasteiger partial charge is 0.227 e. The summed E-state index contributed by atoms with van der Waals surface area (Å²) in [4.78, 5) is 15.0. The summed E-state index contributed by atoms with van der Waals surface area (Å²) < 4.78 is 2.11. The second kappa shape index (κ2) is 7.58. The molecule has 1 aliphatic heterocycles. The summed E-state index contributed by atoms with van der Waals surface area (Å²) >= 11 is 1.97. The van der Waals surface area contributed by atoms with Crippen LogP contribution in [-0.2, 0) is 18.3 Å². The number of hydrogen-bond acceptors (Lipinski definition) is 2. The Morgan fingerprint density at radius 1 is 1.08 bits per heavy atom. The van der Waals surface area contributed by atoms with E-state index in [2.05, 4.69) is 58.1 Å². The van der Waals surface area contributed by atoms with E-state index in [9.17, 15) is 4.79 Å². The van der Waals surface area contributed by atoms with Gasteiger partial charge in [0.25, 0.3) is 0 Å². The molecule has 1 fully saturated rings. The first kappa shape index (κ1) is 17.2. The Labute approximate surface area is 159 Å². The van der Waals surface area contributed by atoms with E-state index < -0.39 is 0 Å². The Balaban J connectivity index is 1.45. The van der Waals surface area contributed by atoms with Crippen LogP contribution in [0.3, 0.4) is 0 Å². The highest BCUT2D eigenvalue weighted by Gasteiger charge is 2.22. The van der Waals surface area contributed by atoms with Crippen LogP contribution in [0.15, 0.2) is 60.8 Å². The summed E-state index contributed by atoms with van der Waals surface area (Å²) in [6, 6.07) is 19.0. The largest absolute Gasteiger partial charge is 0.350 e. The lowest BCUT2D eigenvalue weighted by atomic mass is 10.1. The maximum Gasteiger partial charge on any atom is 0.227 e. The molecule has 0 N–H and O–H groups in total. The first-order valence-electron chi connectivity index (χ1n) is 9.19. The first-order chi connectivity index (χ1) is 12.7. The van der Waals surface area contributed by atoms with Crippen molar-refractivity contribution >= 4 is 28.6 Å². The lowest BCUT2D eigenvalue weighted by Gasteiger charge is -2.20. The fourth-order valence-corrected chi connectivity index (χ4v) is 5.03. The van der Waals surface area contributed by atoms with Crippen molar-refractivity contribution in [3.63, 3.8) is 0 Å². The van der Waals surface area contributed by atoms with Gasteiger partial charge in [-0.25, -0.2) is 0 Å². The van der Waals surface area contributed by atoms with Gasteiger partial charge in [-0.1, -0.05) is 48.5 Å². The van der Waals surface area contributed by atoms with E-state index >= 15 is 0 Å². The molecule has 3 aromatic rings. The third-order valence-corrected chi connectivity index (χ3v) is 6.52. The third kappa shape index (κ3) is 3.51. The van der Waals surface area contributed by atoms with Gasteiger partial charge in [0.1, 0.15) is 0 Å². The zero-order valence-electron chi connectivity index (χ0n) is 15.1. The molecule has 0 aliphatic carbocycles. The van der Waals surface area contributed by atoms with Gasteiger partial charge >= 0.3 is 0 Å². The molecular weight excluding hydrogens is 340 g/mol. The zero-order chi connectivity index (χ0) is 17.9. The van der Waals surface area contributed by atoms with Gasteiger partial charge in [0.05, 0.1) is 6.42 Å². The van der Waals surface area contributed by atoms with E-state index in [1.807, 2.05) is 30.9 Å². The molecule has 1 amide bonds. The lowest BCUT2D eigenvalue weighted by Crippen LogP contribution is -2.34. The SMILES string of the molecule is Cn1cc(CC(=O)N2CCS[C@@H](c3ccccc3)CC2)c2ccccc21. The summed E-state index contributed by atoms with van der Waals surface area (Å²) in [5.74, 6) is 1.25. The predicted molar refractivity (Wildman–Crippen MR) is 109 cm³/mol. The zero-order valence-corrected chi connectivity index (χ0v) is 15.9. The average Bonchev–Trinajstić information content (AvgIpc) is 2.86. The van der Waals surface area contributed by atoms with Gasteiger partial charge in [0.15, 0.2) is 0 Å². The van der Waals surface area contributed by atoms with Crippen molar-refractivity contribution in [2.24, 2.45) is 7.05 Å². The minimum absolute atomic E-state index is 0.246. The van der Waals surface area contributed by atoms with Crippen molar-refractivity contribution in [1.82, 2.24) is 9.47 Å². The fourth-order valence-electron chi connectivity index (χ4n) is 3.79. The summed E-state index contributed by atoms with van der Waals surface area (Å²) in [5.41, 5.74) is 3.69. The number of aromatic nitrogens is 1.